The second-order valence-electron chi connectivity index (χ2n) is 20.0. The van der Waals surface area contributed by atoms with Gasteiger partial charge in [0.15, 0.2) is 17.5 Å². The molecule has 5 aliphatic carbocycles. The van der Waals surface area contributed by atoms with Gasteiger partial charge in [-0.05, 0) is 135 Å². The molecular weight excluding hydrogens is 791 g/mol. The number of para-hydroxylation sites is 2. The number of fused-ring (bicyclic) bond motifs is 11. The van der Waals surface area contributed by atoms with Crippen molar-refractivity contribution in [2.24, 2.45) is 29.6 Å². The van der Waals surface area contributed by atoms with Gasteiger partial charge in [-0.3, -0.25) is 0 Å². The van der Waals surface area contributed by atoms with Crippen LogP contribution >= 0.6 is 0 Å². The Labute approximate surface area is 379 Å². The summed E-state index contributed by atoms with van der Waals surface area (Å²) in [5.41, 5.74) is 14.0. The van der Waals surface area contributed by atoms with Gasteiger partial charge in [0.05, 0.1) is 5.41 Å². The fraction of sp³-hybridized carbons (Fsp3) is 0.197. The van der Waals surface area contributed by atoms with E-state index in [0.29, 0.717) is 22.9 Å². The van der Waals surface area contributed by atoms with Crippen LogP contribution in [0.5, 0.6) is 11.5 Å². The van der Waals surface area contributed by atoms with Crippen LogP contribution in [0.15, 0.2) is 182 Å². The van der Waals surface area contributed by atoms with E-state index >= 15 is 0 Å². The Morgan fingerprint density at radius 2 is 1.03 bits per heavy atom. The molecule has 9 aromatic rings. The minimum absolute atomic E-state index is 0.342. The van der Waals surface area contributed by atoms with Crippen molar-refractivity contribution in [3.05, 3.63) is 210 Å². The molecule has 310 valence electrons. The normalized spacial score (nSPS) is 24.2. The summed E-state index contributed by atoms with van der Waals surface area (Å²) in [7, 11) is 0. The van der Waals surface area contributed by atoms with Crippen LogP contribution in [0.2, 0.25) is 0 Å². The highest BCUT2D eigenvalue weighted by atomic mass is 16.5. The molecule has 6 atom stereocenters. The number of hydrogen-bond acceptors (Lipinski definition) is 4. The summed E-state index contributed by atoms with van der Waals surface area (Å²) in [4.78, 5) is 16.0. The first-order valence-electron chi connectivity index (χ1n) is 23.7. The first-order chi connectivity index (χ1) is 32.1. The quantitative estimate of drug-likeness (QED) is 0.173. The van der Waals surface area contributed by atoms with E-state index < -0.39 is 5.41 Å². The molecule has 0 radical (unpaired) electrons. The molecule has 0 amide bonds. The number of aromatic nitrogens is 3. The van der Waals surface area contributed by atoms with Crippen molar-refractivity contribution in [3.8, 4) is 67.9 Å². The lowest BCUT2D eigenvalue weighted by atomic mass is 9.52. The highest BCUT2D eigenvalue weighted by Crippen LogP contribution is 2.72. The Morgan fingerprint density at radius 1 is 0.431 bits per heavy atom. The summed E-state index contributed by atoms with van der Waals surface area (Å²) in [6.07, 6.45) is 7.10. The van der Waals surface area contributed by atoms with Crippen molar-refractivity contribution in [1.82, 2.24) is 15.0 Å². The third kappa shape index (κ3) is 4.95. The molecule has 0 saturated heterocycles. The standard InChI is InChI=1S/C61H45N3O/c1-2-16-44-36(12-1)13-10-19-46(44)59-63-57(37-26-28-43(29-27-37)60-33-41-31-40-32-42(34-60)55(40)48(41)35-60)62-58(64-59)39-15-9-14-38(30-39)45-18-11-23-52-56(45)47-17-3-4-20-49(47)61(52)50-21-5-7-24-53(50)65-54-25-8-6-22-51(54)61/h1-30,40-42,48,55H,31-35H2/t40?,41-,42+,48?,55?,60?/m1/s1. The van der Waals surface area contributed by atoms with Gasteiger partial charge in [0.1, 0.15) is 11.5 Å². The van der Waals surface area contributed by atoms with Gasteiger partial charge >= 0.3 is 0 Å². The van der Waals surface area contributed by atoms with Crippen LogP contribution in [-0.4, -0.2) is 15.0 Å². The molecule has 4 saturated carbocycles. The molecule has 2 heterocycles. The molecule has 6 aliphatic rings. The summed E-state index contributed by atoms with van der Waals surface area (Å²) in [6, 6.07) is 66.1. The van der Waals surface area contributed by atoms with Crippen molar-refractivity contribution in [1.29, 1.82) is 0 Å². The molecule has 1 aliphatic heterocycles. The number of rotatable bonds is 5. The van der Waals surface area contributed by atoms with Crippen molar-refractivity contribution >= 4 is 10.8 Å². The predicted octanol–water partition coefficient (Wildman–Crippen LogP) is 14.5. The molecule has 65 heavy (non-hydrogen) atoms. The largest absolute Gasteiger partial charge is 0.457 e. The lowest BCUT2D eigenvalue weighted by Gasteiger charge is -2.52. The highest BCUT2D eigenvalue weighted by molar-refractivity contribution is 5.98. The second kappa shape index (κ2) is 13.2. The van der Waals surface area contributed by atoms with Gasteiger partial charge in [0, 0.05) is 27.8 Å². The lowest BCUT2D eigenvalue weighted by Crippen LogP contribution is -2.45. The molecule has 15 rings (SSSR count). The van der Waals surface area contributed by atoms with Gasteiger partial charge in [0.2, 0.25) is 0 Å². The maximum Gasteiger partial charge on any atom is 0.164 e. The maximum absolute atomic E-state index is 6.62. The van der Waals surface area contributed by atoms with Gasteiger partial charge in [-0.2, -0.15) is 0 Å². The van der Waals surface area contributed by atoms with E-state index in [-0.39, 0.29) is 0 Å². The van der Waals surface area contributed by atoms with Gasteiger partial charge < -0.3 is 4.74 Å². The Morgan fingerprint density at radius 3 is 1.88 bits per heavy atom. The minimum atomic E-state index is -0.535. The summed E-state index contributed by atoms with van der Waals surface area (Å²) < 4.78 is 6.62. The van der Waals surface area contributed by atoms with Crippen molar-refractivity contribution in [2.75, 3.05) is 0 Å². The third-order valence-corrected chi connectivity index (χ3v) is 17.1. The Bertz CT molecular complexity index is 3400. The predicted molar refractivity (Wildman–Crippen MR) is 259 cm³/mol. The zero-order chi connectivity index (χ0) is 42.4. The third-order valence-electron chi connectivity index (χ3n) is 17.1. The molecule has 4 nitrogen and oxygen atoms in total. The van der Waals surface area contributed by atoms with Crippen molar-refractivity contribution < 1.29 is 4.74 Å². The molecule has 4 heteroatoms. The first-order valence-corrected chi connectivity index (χ1v) is 23.7. The Kier molecular flexibility index (Phi) is 7.35. The molecule has 0 N–H and O–H groups in total. The van der Waals surface area contributed by atoms with Crippen LogP contribution in [0.1, 0.15) is 59.9 Å². The maximum atomic E-state index is 6.62. The topological polar surface area (TPSA) is 47.9 Å². The van der Waals surface area contributed by atoms with E-state index in [1.165, 1.54) is 70.9 Å². The zero-order valence-corrected chi connectivity index (χ0v) is 36.0. The summed E-state index contributed by atoms with van der Waals surface area (Å²) in [5, 5.41) is 2.30. The van der Waals surface area contributed by atoms with Gasteiger partial charge in [-0.15, -0.1) is 0 Å². The number of nitrogens with zero attached hydrogens (tertiary/aromatic N) is 3. The molecule has 1 aromatic heterocycles. The number of hydrogen-bond donors (Lipinski definition) is 0. The van der Waals surface area contributed by atoms with Crippen LogP contribution < -0.4 is 4.74 Å². The average Bonchev–Trinajstić information content (AvgIpc) is 3.95. The van der Waals surface area contributed by atoms with Gasteiger partial charge in [-0.1, -0.05) is 164 Å². The van der Waals surface area contributed by atoms with E-state index in [0.717, 1.165) is 79.9 Å². The fourth-order valence-electron chi connectivity index (χ4n) is 14.7. The molecule has 8 aromatic carbocycles. The number of benzene rings is 8. The van der Waals surface area contributed by atoms with Crippen LogP contribution in [-0.2, 0) is 10.8 Å². The molecule has 1 spiro atoms. The Balaban J connectivity index is 0.880. The molecule has 4 unspecified atom stereocenters. The van der Waals surface area contributed by atoms with E-state index in [1.54, 1.807) is 0 Å². The van der Waals surface area contributed by atoms with Crippen molar-refractivity contribution in [3.63, 3.8) is 0 Å². The van der Waals surface area contributed by atoms with Gasteiger partial charge in [-0.25, -0.2) is 15.0 Å². The van der Waals surface area contributed by atoms with Crippen molar-refractivity contribution in [2.45, 2.75) is 42.9 Å². The van der Waals surface area contributed by atoms with Gasteiger partial charge in [0.25, 0.3) is 0 Å². The highest BCUT2D eigenvalue weighted by Gasteiger charge is 2.65. The van der Waals surface area contributed by atoms with Crippen LogP contribution in [0, 0.1) is 29.6 Å². The SMILES string of the molecule is c1cc(-c2nc(-c3ccc(C45CC6C7C(C[C@@H]6C4)C[C@H]7C5)cc3)nc(-c3cccc4ccccc34)n2)cc(-c2cccc3c2-c2ccccc2C32c3ccccc3Oc3ccccc32)c1. The average molecular weight is 836 g/mol. The second-order valence-corrected chi connectivity index (χ2v) is 20.0. The minimum Gasteiger partial charge on any atom is -0.457 e. The molecule has 2 bridgehead atoms. The monoisotopic (exact) mass is 835 g/mol. The first kappa shape index (κ1) is 36.2. The van der Waals surface area contributed by atoms with E-state index in [2.05, 4.69) is 182 Å². The van der Waals surface area contributed by atoms with Crippen LogP contribution in [0.4, 0.5) is 0 Å². The zero-order valence-electron chi connectivity index (χ0n) is 36.0. The fourth-order valence-corrected chi connectivity index (χ4v) is 14.7. The van der Waals surface area contributed by atoms with Crippen LogP contribution in [0.25, 0.3) is 67.2 Å². The van der Waals surface area contributed by atoms with E-state index in [1.807, 2.05) is 0 Å². The Hall–Kier alpha value is -7.17. The van der Waals surface area contributed by atoms with E-state index in [9.17, 15) is 0 Å². The lowest BCUT2D eigenvalue weighted by molar-refractivity contribution is 0.00350. The summed E-state index contributed by atoms with van der Waals surface area (Å²) in [5.74, 6) is 8.75. The molecule has 4 fully saturated rings. The smallest absolute Gasteiger partial charge is 0.164 e. The summed E-state index contributed by atoms with van der Waals surface area (Å²) in [6.45, 7) is 0. The van der Waals surface area contributed by atoms with Crippen LogP contribution in [0.3, 0.4) is 0 Å². The van der Waals surface area contributed by atoms with E-state index in [4.69, 9.17) is 19.7 Å². The summed E-state index contributed by atoms with van der Waals surface area (Å²) >= 11 is 0. The number of ether oxygens (including phenoxy) is 1. The molecular formula is C61H45N3O.